The lowest BCUT2D eigenvalue weighted by Gasteiger charge is -1.95. The van der Waals surface area contributed by atoms with Gasteiger partial charge in [-0.3, -0.25) is 9.13 Å². The summed E-state index contributed by atoms with van der Waals surface area (Å²) in [7, 11) is 3.29. The molecular weight excluding hydrogens is 218 g/mol. The van der Waals surface area contributed by atoms with E-state index in [0.29, 0.717) is 17.0 Å². The van der Waals surface area contributed by atoms with Gasteiger partial charge < -0.3 is 5.73 Å². The first kappa shape index (κ1) is 15.2. The van der Waals surface area contributed by atoms with E-state index in [0.717, 1.165) is 0 Å². The summed E-state index contributed by atoms with van der Waals surface area (Å²) in [5.74, 6) is 0.324. The fraction of sp³-hybridized carbons (Fsp3) is 0.545. The van der Waals surface area contributed by atoms with Crippen molar-refractivity contribution in [1.29, 1.82) is 0 Å². The van der Waals surface area contributed by atoms with Gasteiger partial charge in [-0.1, -0.05) is 27.7 Å². The maximum absolute atomic E-state index is 11.4. The lowest BCUT2D eigenvalue weighted by molar-refractivity contribution is 0.791. The maximum atomic E-state index is 11.4. The molecule has 0 bridgehead atoms. The van der Waals surface area contributed by atoms with E-state index in [1.807, 2.05) is 27.7 Å². The summed E-state index contributed by atoms with van der Waals surface area (Å²) in [6, 6.07) is 0. The molecule has 2 N–H and O–H groups in total. The van der Waals surface area contributed by atoms with Gasteiger partial charge in [0, 0.05) is 14.1 Å². The van der Waals surface area contributed by atoms with Crippen LogP contribution in [-0.2, 0) is 14.1 Å². The van der Waals surface area contributed by atoms with Crippen LogP contribution in [0.25, 0.3) is 11.2 Å². The zero-order chi connectivity index (χ0) is 13.6. The molecule has 96 valence electrons. The Labute approximate surface area is 101 Å². The van der Waals surface area contributed by atoms with E-state index < -0.39 is 0 Å². The number of imidazole rings is 1. The highest BCUT2D eigenvalue weighted by atomic mass is 16.1. The Kier molecular flexibility index (Phi) is 5.95. The second-order valence-electron chi connectivity index (χ2n) is 2.83. The van der Waals surface area contributed by atoms with Crippen LogP contribution >= 0.6 is 0 Å². The van der Waals surface area contributed by atoms with Crippen LogP contribution in [0.2, 0.25) is 0 Å². The molecule has 6 heteroatoms. The number of aryl methyl sites for hydroxylation is 2. The van der Waals surface area contributed by atoms with E-state index in [2.05, 4.69) is 9.97 Å². The topological polar surface area (TPSA) is 78.7 Å². The molecule has 0 aliphatic rings. The number of hydrogen-bond donors (Lipinski definition) is 1. The van der Waals surface area contributed by atoms with Crippen LogP contribution in [-0.4, -0.2) is 19.1 Å². The molecule has 6 nitrogen and oxygen atoms in total. The molecule has 2 rings (SSSR count). The van der Waals surface area contributed by atoms with Crippen LogP contribution in [0.15, 0.2) is 11.1 Å². The van der Waals surface area contributed by atoms with E-state index in [4.69, 9.17) is 5.73 Å². The van der Waals surface area contributed by atoms with Crippen molar-refractivity contribution in [3.05, 3.63) is 16.8 Å². The molecular formula is C11H21N5O. The number of aromatic nitrogens is 4. The first-order chi connectivity index (χ1) is 8.13. The Morgan fingerprint density at radius 3 is 2.06 bits per heavy atom. The van der Waals surface area contributed by atoms with Gasteiger partial charge in [-0.05, 0) is 0 Å². The SMILES string of the molecule is CC.CC.Cn1c(=O)n(C)c2c(N)ncnc21. The molecule has 2 aromatic heterocycles. The number of hydrogen-bond acceptors (Lipinski definition) is 4. The third-order valence-corrected chi connectivity index (χ3v) is 2.06. The van der Waals surface area contributed by atoms with Crippen LogP contribution in [0.4, 0.5) is 5.82 Å². The van der Waals surface area contributed by atoms with Crippen molar-refractivity contribution in [1.82, 2.24) is 19.1 Å². The minimum Gasteiger partial charge on any atom is -0.382 e. The van der Waals surface area contributed by atoms with Gasteiger partial charge in [-0.2, -0.15) is 0 Å². The molecule has 0 fully saturated rings. The number of nitrogen functional groups attached to an aromatic ring is 1. The van der Waals surface area contributed by atoms with Crippen LogP contribution in [0.3, 0.4) is 0 Å². The second-order valence-corrected chi connectivity index (χ2v) is 2.83. The molecule has 2 aromatic rings. The lowest BCUT2D eigenvalue weighted by Crippen LogP contribution is -2.19. The number of anilines is 1. The van der Waals surface area contributed by atoms with Crippen molar-refractivity contribution in [2.24, 2.45) is 14.1 Å². The summed E-state index contributed by atoms with van der Waals surface area (Å²) in [6.45, 7) is 8.00. The smallest absolute Gasteiger partial charge is 0.329 e. The monoisotopic (exact) mass is 239 g/mol. The van der Waals surface area contributed by atoms with E-state index in [1.54, 1.807) is 14.1 Å². The summed E-state index contributed by atoms with van der Waals surface area (Å²) < 4.78 is 2.87. The number of rotatable bonds is 0. The minimum absolute atomic E-state index is 0.151. The quantitative estimate of drug-likeness (QED) is 0.751. The molecule has 0 spiro atoms. The van der Waals surface area contributed by atoms with Crippen molar-refractivity contribution < 1.29 is 0 Å². The van der Waals surface area contributed by atoms with Gasteiger partial charge in [0.25, 0.3) is 0 Å². The van der Waals surface area contributed by atoms with E-state index >= 15 is 0 Å². The highest BCUT2D eigenvalue weighted by Gasteiger charge is 2.11. The average Bonchev–Trinajstić information content (AvgIpc) is 2.61. The Hall–Kier alpha value is -1.85. The number of fused-ring (bicyclic) bond motifs is 1. The zero-order valence-corrected chi connectivity index (χ0v) is 11.4. The Bertz CT molecular complexity index is 526. The third kappa shape index (κ3) is 2.64. The summed E-state index contributed by atoms with van der Waals surface area (Å²) in [5, 5.41) is 0. The molecule has 0 aliphatic carbocycles. The minimum atomic E-state index is -0.151. The lowest BCUT2D eigenvalue weighted by atomic mass is 10.5. The van der Waals surface area contributed by atoms with Crippen LogP contribution in [0, 0.1) is 0 Å². The summed E-state index contributed by atoms with van der Waals surface area (Å²) >= 11 is 0. The van der Waals surface area contributed by atoms with Gasteiger partial charge >= 0.3 is 5.69 Å². The van der Waals surface area contributed by atoms with Crippen LogP contribution < -0.4 is 11.4 Å². The van der Waals surface area contributed by atoms with Gasteiger partial charge in [0.1, 0.15) is 11.8 Å². The van der Waals surface area contributed by atoms with Gasteiger partial charge in [0.05, 0.1) is 0 Å². The van der Waals surface area contributed by atoms with Crippen LogP contribution in [0.5, 0.6) is 0 Å². The second kappa shape index (κ2) is 6.67. The first-order valence-corrected chi connectivity index (χ1v) is 5.75. The van der Waals surface area contributed by atoms with Gasteiger partial charge in [-0.25, -0.2) is 14.8 Å². The van der Waals surface area contributed by atoms with E-state index in [9.17, 15) is 4.79 Å². The van der Waals surface area contributed by atoms with Crippen molar-refractivity contribution >= 4 is 17.0 Å². The molecule has 0 unspecified atom stereocenters. The van der Waals surface area contributed by atoms with Crippen LogP contribution in [0.1, 0.15) is 27.7 Å². The summed E-state index contributed by atoms with van der Waals surface area (Å²) in [6.07, 6.45) is 1.34. The number of nitrogens with two attached hydrogens (primary N) is 1. The average molecular weight is 239 g/mol. The van der Waals surface area contributed by atoms with Crippen molar-refractivity contribution in [3.63, 3.8) is 0 Å². The standard InChI is InChI=1S/C7H9N5O.2C2H6/c1-11-4-5(8)9-3-10-6(4)12(2)7(11)13;2*1-2/h3H,1-2H3,(H2,8,9,10);2*1-2H3. The zero-order valence-electron chi connectivity index (χ0n) is 11.4. The Morgan fingerprint density at radius 2 is 1.59 bits per heavy atom. The normalized spacial score (nSPS) is 9.06. The Balaban J connectivity index is 0.000000581. The van der Waals surface area contributed by atoms with Crippen molar-refractivity contribution in [2.75, 3.05) is 5.73 Å². The van der Waals surface area contributed by atoms with E-state index in [-0.39, 0.29) is 5.69 Å². The third-order valence-electron chi connectivity index (χ3n) is 2.06. The molecule has 0 amide bonds. The predicted octanol–water partition coefficient (Wildman–Crippen LogP) is 1.30. The molecule has 0 atom stereocenters. The predicted molar refractivity (Wildman–Crippen MR) is 70.9 cm³/mol. The molecule has 0 saturated carbocycles. The number of nitrogens with zero attached hydrogens (tertiary/aromatic N) is 4. The van der Waals surface area contributed by atoms with Gasteiger partial charge in [-0.15, -0.1) is 0 Å². The fourth-order valence-corrected chi connectivity index (χ4v) is 1.36. The Morgan fingerprint density at radius 1 is 1.06 bits per heavy atom. The molecule has 0 aliphatic heterocycles. The van der Waals surface area contributed by atoms with E-state index in [1.165, 1.54) is 15.5 Å². The summed E-state index contributed by atoms with van der Waals surface area (Å²) in [5.41, 5.74) is 6.60. The van der Waals surface area contributed by atoms with Gasteiger partial charge in [0.2, 0.25) is 0 Å². The summed E-state index contributed by atoms with van der Waals surface area (Å²) in [4.78, 5) is 19.2. The van der Waals surface area contributed by atoms with Gasteiger partial charge in [0.15, 0.2) is 11.5 Å². The molecule has 0 radical (unpaired) electrons. The van der Waals surface area contributed by atoms with Crippen molar-refractivity contribution in [3.8, 4) is 0 Å². The molecule has 0 saturated heterocycles. The molecule has 17 heavy (non-hydrogen) atoms. The molecule has 2 heterocycles. The molecule has 0 aromatic carbocycles. The van der Waals surface area contributed by atoms with Crippen molar-refractivity contribution in [2.45, 2.75) is 27.7 Å². The highest BCUT2D eigenvalue weighted by Crippen LogP contribution is 2.12. The highest BCUT2D eigenvalue weighted by molar-refractivity contribution is 5.81. The largest absolute Gasteiger partial charge is 0.382 e. The first-order valence-electron chi connectivity index (χ1n) is 5.75. The fourth-order valence-electron chi connectivity index (χ4n) is 1.36. The maximum Gasteiger partial charge on any atom is 0.329 e.